The number of nitrogens with one attached hydrogen (secondary N) is 1. The van der Waals surface area contributed by atoms with E-state index in [9.17, 15) is 0 Å². The summed E-state index contributed by atoms with van der Waals surface area (Å²) in [4.78, 5) is 2.68. The summed E-state index contributed by atoms with van der Waals surface area (Å²) >= 11 is 0. The van der Waals surface area contributed by atoms with Crippen molar-refractivity contribution in [2.45, 2.75) is 51.2 Å². The number of nitrogens with zero attached hydrogens (tertiary/aromatic N) is 1. The van der Waals surface area contributed by atoms with Gasteiger partial charge in [0.25, 0.3) is 0 Å². The number of ether oxygens (including phenoxy) is 1. The van der Waals surface area contributed by atoms with Gasteiger partial charge in [-0.2, -0.15) is 0 Å². The highest BCUT2D eigenvalue weighted by molar-refractivity contribution is 4.90. The molecule has 0 aromatic carbocycles. The van der Waals surface area contributed by atoms with Crippen LogP contribution in [0.5, 0.6) is 0 Å². The topological polar surface area (TPSA) is 24.5 Å². The minimum absolute atomic E-state index is 0.330. The van der Waals surface area contributed by atoms with Crippen molar-refractivity contribution in [3.8, 4) is 0 Å². The standard InChI is InChI=1S/C14H28N2O/c1-14(2)11-15-8-9-16(14)10-12-4-6-13(17-3)7-5-12/h12-13,15H,4-11H2,1-3H3. The molecule has 1 N–H and O–H groups in total. The van der Waals surface area contributed by atoms with Crippen molar-refractivity contribution in [1.82, 2.24) is 10.2 Å². The van der Waals surface area contributed by atoms with Gasteiger partial charge in [0.05, 0.1) is 6.10 Å². The van der Waals surface area contributed by atoms with E-state index in [1.807, 2.05) is 7.11 Å². The van der Waals surface area contributed by atoms with E-state index in [-0.39, 0.29) is 0 Å². The Balaban J connectivity index is 1.80. The fourth-order valence-electron chi connectivity index (χ4n) is 3.22. The highest BCUT2D eigenvalue weighted by Gasteiger charge is 2.32. The monoisotopic (exact) mass is 240 g/mol. The molecule has 17 heavy (non-hydrogen) atoms. The van der Waals surface area contributed by atoms with Gasteiger partial charge in [-0.05, 0) is 45.4 Å². The van der Waals surface area contributed by atoms with Crippen molar-refractivity contribution in [3.05, 3.63) is 0 Å². The van der Waals surface area contributed by atoms with Crippen molar-refractivity contribution in [2.75, 3.05) is 33.3 Å². The molecule has 2 aliphatic rings. The molecule has 0 radical (unpaired) electrons. The first-order valence-corrected chi connectivity index (χ1v) is 7.10. The summed E-state index contributed by atoms with van der Waals surface area (Å²) in [7, 11) is 1.85. The molecule has 0 aromatic heterocycles. The lowest BCUT2D eigenvalue weighted by molar-refractivity contribution is 0.0284. The molecule has 1 saturated carbocycles. The highest BCUT2D eigenvalue weighted by atomic mass is 16.5. The van der Waals surface area contributed by atoms with Crippen molar-refractivity contribution in [2.24, 2.45) is 5.92 Å². The van der Waals surface area contributed by atoms with Crippen LogP contribution in [0.1, 0.15) is 39.5 Å². The largest absolute Gasteiger partial charge is 0.381 e. The van der Waals surface area contributed by atoms with E-state index in [0.717, 1.165) is 19.0 Å². The Kier molecular flexibility index (Phi) is 4.45. The van der Waals surface area contributed by atoms with E-state index < -0.39 is 0 Å². The minimum Gasteiger partial charge on any atom is -0.381 e. The lowest BCUT2D eigenvalue weighted by atomic mass is 9.85. The molecule has 0 bridgehead atoms. The molecule has 0 spiro atoms. The molecular weight excluding hydrogens is 212 g/mol. The van der Waals surface area contributed by atoms with Crippen LogP contribution in [0.15, 0.2) is 0 Å². The maximum Gasteiger partial charge on any atom is 0.0571 e. The van der Waals surface area contributed by atoms with Crippen molar-refractivity contribution in [1.29, 1.82) is 0 Å². The van der Waals surface area contributed by atoms with Gasteiger partial charge in [0.15, 0.2) is 0 Å². The Bertz CT molecular complexity index is 234. The van der Waals surface area contributed by atoms with Crippen LogP contribution in [0.25, 0.3) is 0 Å². The smallest absolute Gasteiger partial charge is 0.0571 e. The lowest BCUT2D eigenvalue weighted by Crippen LogP contribution is -2.59. The molecular formula is C14H28N2O. The zero-order valence-electron chi connectivity index (χ0n) is 11.7. The van der Waals surface area contributed by atoms with Crippen LogP contribution in [-0.2, 0) is 4.74 Å². The molecule has 2 rings (SSSR count). The second-order valence-corrected chi connectivity index (χ2v) is 6.31. The van der Waals surface area contributed by atoms with Gasteiger partial charge in [-0.3, -0.25) is 4.90 Å². The van der Waals surface area contributed by atoms with E-state index >= 15 is 0 Å². The third-order valence-electron chi connectivity index (χ3n) is 4.58. The van der Waals surface area contributed by atoms with Crippen molar-refractivity contribution in [3.63, 3.8) is 0 Å². The first-order chi connectivity index (χ1) is 8.12. The van der Waals surface area contributed by atoms with Gasteiger partial charge in [-0.25, -0.2) is 0 Å². The zero-order valence-corrected chi connectivity index (χ0v) is 11.7. The third kappa shape index (κ3) is 3.43. The first kappa shape index (κ1) is 13.3. The maximum absolute atomic E-state index is 5.45. The van der Waals surface area contributed by atoms with Gasteiger partial charge in [-0.15, -0.1) is 0 Å². The molecule has 3 heteroatoms. The summed E-state index contributed by atoms with van der Waals surface area (Å²) in [6.45, 7) is 9.49. The molecule has 0 unspecified atom stereocenters. The van der Waals surface area contributed by atoms with E-state index in [4.69, 9.17) is 4.74 Å². The Morgan fingerprint density at radius 2 is 1.94 bits per heavy atom. The second-order valence-electron chi connectivity index (χ2n) is 6.31. The van der Waals surface area contributed by atoms with Gasteiger partial charge in [0.1, 0.15) is 0 Å². The van der Waals surface area contributed by atoms with Crippen LogP contribution in [0.3, 0.4) is 0 Å². The normalized spacial score (nSPS) is 34.8. The van der Waals surface area contributed by atoms with E-state index in [0.29, 0.717) is 11.6 Å². The van der Waals surface area contributed by atoms with Crippen LogP contribution in [0.4, 0.5) is 0 Å². The number of hydrogen-bond acceptors (Lipinski definition) is 3. The minimum atomic E-state index is 0.330. The average Bonchev–Trinajstić information content (AvgIpc) is 2.33. The Labute approximate surface area is 106 Å². The van der Waals surface area contributed by atoms with Crippen LogP contribution in [0.2, 0.25) is 0 Å². The van der Waals surface area contributed by atoms with Gasteiger partial charge in [-0.1, -0.05) is 0 Å². The van der Waals surface area contributed by atoms with Crippen LogP contribution >= 0.6 is 0 Å². The predicted octanol–water partition coefficient (Wildman–Crippen LogP) is 1.88. The maximum atomic E-state index is 5.45. The quantitative estimate of drug-likeness (QED) is 0.815. The Hall–Kier alpha value is -0.120. The molecule has 1 saturated heterocycles. The first-order valence-electron chi connectivity index (χ1n) is 7.10. The van der Waals surface area contributed by atoms with Crippen LogP contribution in [-0.4, -0.2) is 49.8 Å². The van der Waals surface area contributed by atoms with Crippen LogP contribution in [0, 0.1) is 5.92 Å². The average molecular weight is 240 g/mol. The van der Waals surface area contributed by atoms with E-state index in [1.165, 1.54) is 38.8 Å². The summed E-state index contributed by atoms with van der Waals surface area (Å²) in [6, 6.07) is 0. The van der Waals surface area contributed by atoms with Gasteiger partial charge in [0, 0.05) is 38.8 Å². The van der Waals surface area contributed by atoms with Crippen LogP contribution < -0.4 is 5.32 Å². The number of methoxy groups -OCH3 is 1. The molecule has 0 aromatic rings. The fourth-order valence-corrected chi connectivity index (χ4v) is 3.22. The molecule has 1 aliphatic heterocycles. The van der Waals surface area contributed by atoms with Gasteiger partial charge >= 0.3 is 0 Å². The van der Waals surface area contributed by atoms with E-state index in [2.05, 4.69) is 24.1 Å². The Morgan fingerprint density at radius 3 is 2.53 bits per heavy atom. The van der Waals surface area contributed by atoms with Gasteiger partial charge < -0.3 is 10.1 Å². The molecule has 3 nitrogen and oxygen atoms in total. The second kappa shape index (κ2) is 5.68. The summed E-state index contributed by atoms with van der Waals surface area (Å²) in [6.07, 6.45) is 5.74. The van der Waals surface area contributed by atoms with Gasteiger partial charge in [0.2, 0.25) is 0 Å². The van der Waals surface area contributed by atoms with E-state index in [1.54, 1.807) is 0 Å². The summed E-state index contributed by atoms with van der Waals surface area (Å²) in [5, 5.41) is 3.50. The Morgan fingerprint density at radius 1 is 1.24 bits per heavy atom. The number of hydrogen-bond donors (Lipinski definition) is 1. The zero-order chi connectivity index (χ0) is 12.3. The van der Waals surface area contributed by atoms with Crippen molar-refractivity contribution < 1.29 is 4.74 Å². The summed E-state index contributed by atoms with van der Waals surface area (Å²) < 4.78 is 5.45. The fraction of sp³-hybridized carbons (Fsp3) is 1.00. The molecule has 1 aliphatic carbocycles. The highest BCUT2D eigenvalue weighted by Crippen LogP contribution is 2.28. The molecule has 100 valence electrons. The molecule has 0 amide bonds. The summed E-state index contributed by atoms with van der Waals surface area (Å²) in [5.74, 6) is 0.888. The SMILES string of the molecule is COC1CCC(CN2CCNCC2(C)C)CC1. The third-order valence-corrected chi connectivity index (χ3v) is 4.58. The van der Waals surface area contributed by atoms with Crippen molar-refractivity contribution >= 4 is 0 Å². The molecule has 2 fully saturated rings. The number of rotatable bonds is 3. The molecule has 0 atom stereocenters. The number of piperazine rings is 1. The molecule has 1 heterocycles. The predicted molar refractivity (Wildman–Crippen MR) is 71.3 cm³/mol. The summed E-state index contributed by atoms with van der Waals surface area (Å²) in [5.41, 5.74) is 0.330. The lowest BCUT2D eigenvalue weighted by Gasteiger charge is -2.45.